The normalized spacial score (nSPS) is 22.4. The van der Waals surface area contributed by atoms with E-state index in [2.05, 4.69) is 0 Å². The van der Waals surface area contributed by atoms with Crippen LogP contribution in [0.3, 0.4) is 0 Å². The number of pyridine rings is 1. The van der Waals surface area contributed by atoms with Gasteiger partial charge in [0.1, 0.15) is 0 Å². The number of nitrogens with zero attached hydrogens (tertiary/aromatic N) is 2. The smallest absolute Gasteiger partial charge is 0.250 e. The Morgan fingerprint density at radius 1 is 1.00 bits per heavy atom. The van der Waals surface area contributed by atoms with Gasteiger partial charge in [-0.2, -0.15) is 0 Å². The number of amides is 1. The average molecular weight is 320 g/mol. The van der Waals surface area contributed by atoms with Gasteiger partial charge in [0.25, 0.3) is 5.56 Å². The molecule has 0 N–H and O–H groups in total. The standard InChI is InChI=1S/C20H20N2O2/c23-19(10-9-15-5-2-1-3-6-15)21-12-16-11-17(14-21)18-7-4-8-20(24)22(18)13-16/h1-10,16-17H,11-14H2. The molecule has 1 aromatic carbocycles. The largest absolute Gasteiger partial charge is 0.338 e. The van der Waals surface area contributed by atoms with Crippen molar-refractivity contribution in [3.63, 3.8) is 0 Å². The molecule has 2 atom stereocenters. The van der Waals surface area contributed by atoms with Crippen molar-refractivity contribution < 1.29 is 4.79 Å². The monoisotopic (exact) mass is 320 g/mol. The second-order valence-electron chi connectivity index (χ2n) is 6.69. The number of aromatic nitrogens is 1. The first-order valence-electron chi connectivity index (χ1n) is 8.42. The lowest BCUT2D eigenvalue weighted by molar-refractivity contribution is -0.128. The van der Waals surface area contributed by atoms with Gasteiger partial charge in [0, 0.05) is 43.4 Å². The molecule has 122 valence electrons. The van der Waals surface area contributed by atoms with Crippen LogP contribution in [0.5, 0.6) is 0 Å². The minimum atomic E-state index is 0.0558. The van der Waals surface area contributed by atoms with E-state index in [1.807, 2.05) is 58.0 Å². The summed E-state index contributed by atoms with van der Waals surface area (Å²) in [6.07, 6.45) is 4.59. The summed E-state index contributed by atoms with van der Waals surface area (Å²) in [6, 6.07) is 15.3. The molecule has 1 amide bonds. The second kappa shape index (κ2) is 6.11. The summed E-state index contributed by atoms with van der Waals surface area (Å²) in [5, 5.41) is 0. The molecule has 2 unspecified atom stereocenters. The van der Waals surface area contributed by atoms with Gasteiger partial charge < -0.3 is 9.47 Å². The van der Waals surface area contributed by atoms with Crippen LogP contribution in [0, 0.1) is 5.92 Å². The summed E-state index contributed by atoms with van der Waals surface area (Å²) in [4.78, 5) is 26.5. The fourth-order valence-corrected chi connectivity index (χ4v) is 3.91. The quantitative estimate of drug-likeness (QED) is 0.798. The number of hydrogen-bond donors (Lipinski definition) is 0. The second-order valence-corrected chi connectivity index (χ2v) is 6.69. The van der Waals surface area contributed by atoms with Gasteiger partial charge in [-0.05, 0) is 30.0 Å². The summed E-state index contributed by atoms with van der Waals surface area (Å²) in [5.41, 5.74) is 2.18. The fraction of sp³-hybridized carbons (Fsp3) is 0.300. The van der Waals surface area contributed by atoms with E-state index in [9.17, 15) is 9.59 Å². The minimum absolute atomic E-state index is 0.0558. The number of piperidine rings is 1. The van der Waals surface area contributed by atoms with Crippen LogP contribution in [0.25, 0.3) is 6.08 Å². The molecule has 1 fully saturated rings. The number of benzene rings is 1. The van der Waals surface area contributed by atoms with Crippen molar-refractivity contribution in [2.75, 3.05) is 13.1 Å². The van der Waals surface area contributed by atoms with Crippen molar-refractivity contribution in [1.82, 2.24) is 9.47 Å². The van der Waals surface area contributed by atoms with E-state index in [0.717, 1.165) is 30.8 Å². The van der Waals surface area contributed by atoms with Crippen LogP contribution in [0.4, 0.5) is 0 Å². The molecule has 0 saturated carbocycles. The first-order chi connectivity index (χ1) is 11.7. The minimum Gasteiger partial charge on any atom is -0.338 e. The summed E-state index contributed by atoms with van der Waals surface area (Å²) >= 11 is 0. The number of carbonyl (C=O) groups excluding carboxylic acids is 1. The van der Waals surface area contributed by atoms with E-state index in [4.69, 9.17) is 0 Å². The number of carbonyl (C=O) groups is 1. The maximum Gasteiger partial charge on any atom is 0.250 e. The molecule has 1 saturated heterocycles. The highest BCUT2D eigenvalue weighted by Crippen LogP contribution is 2.34. The zero-order valence-electron chi connectivity index (χ0n) is 13.5. The third-order valence-corrected chi connectivity index (χ3v) is 5.01. The third kappa shape index (κ3) is 2.80. The molecule has 2 aliphatic rings. The van der Waals surface area contributed by atoms with Gasteiger partial charge in [0.15, 0.2) is 0 Å². The first kappa shape index (κ1) is 14.9. The first-order valence-corrected chi connectivity index (χ1v) is 8.42. The Hall–Kier alpha value is -2.62. The molecule has 4 nitrogen and oxygen atoms in total. The molecular formula is C20H20N2O2. The van der Waals surface area contributed by atoms with Gasteiger partial charge in [0.05, 0.1) is 0 Å². The Kier molecular flexibility index (Phi) is 3.81. The zero-order valence-corrected chi connectivity index (χ0v) is 13.5. The van der Waals surface area contributed by atoms with Crippen LogP contribution in [-0.2, 0) is 11.3 Å². The number of fused-ring (bicyclic) bond motifs is 4. The van der Waals surface area contributed by atoms with Crippen molar-refractivity contribution in [2.24, 2.45) is 5.92 Å². The molecule has 2 aromatic rings. The molecule has 0 radical (unpaired) electrons. The molecule has 24 heavy (non-hydrogen) atoms. The number of likely N-dealkylation sites (tertiary alicyclic amines) is 1. The van der Waals surface area contributed by atoms with Gasteiger partial charge in [-0.3, -0.25) is 9.59 Å². The number of rotatable bonds is 2. The maximum atomic E-state index is 12.6. The molecule has 4 heteroatoms. The molecule has 4 rings (SSSR count). The molecule has 0 spiro atoms. The molecule has 2 bridgehead atoms. The van der Waals surface area contributed by atoms with E-state index in [1.165, 1.54) is 0 Å². The highest BCUT2D eigenvalue weighted by Gasteiger charge is 2.35. The fourth-order valence-electron chi connectivity index (χ4n) is 3.91. The highest BCUT2D eigenvalue weighted by atomic mass is 16.2. The predicted octanol–water partition coefficient (Wildman–Crippen LogP) is 2.51. The summed E-state index contributed by atoms with van der Waals surface area (Å²) in [5.74, 6) is 0.686. The molecule has 3 heterocycles. The number of hydrogen-bond acceptors (Lipinski definition) is 2. The summed E-state index contributed by atoms with van der Waals surface area (Å²) < 4.78 is 1.89. The predicted molar refractivity (Wildman–Crippen MR) is 93.6 cm³/mol. The van der Waals surface area contributed by atoms with Gasteiger partial charge in [-0.1, -0.05) is 36.4 Å². The molecule has 1 aromatic heterocycles. The topological polar surface area (TPSA) is 42.3 Å². The lowest BCUT2D eigenvalue weighted by atomic mass is 9.83. The molecule has 2 aliphatic heterocycles. The van der Waals surface area contributed by atoms with E-state index < -0.39 is 0 Å². The van der Waals surface area contributed by atoms with E-state index >= 15 is 0 Å². The van der Waals surface area contributed by atoms with Crippen molar-refractivity contribution in [1.29, 1.82) is 0 Å². The Morgan fingerprint density at radius 3 is 2.67 bits per heavy atom. The van der Waals surface area contributed by atoms with E-state index in [1.54, 1.807) is 12.1 Å². The van der Waals surface area contributed by atoms with Gasteiger partial charge in [0.2, 0.25) is 5.91 Å². The molecular weight excluding hydrogens is 300 g/mol. The maximum absolute atomic E-state index is 12.6. The average Bonchev–Trinajstić information content (AvgIpc) is 2.61. The summed E-state index contributed by atoms with van der Waals surface area (Å²) in [7, 11) is 0. The zero-order chi connectivity index (χ0) is 16.5. The molecule has 0 aliphatic carbocycles. The van der Waals surface area contributed by atoms with E-state index in [-0.39, 0.29) is 17.4 Å². The van der Waals surface area contributed by atoms with E-state index in [0.29, 0.717) is 12.5 Å². The van der Waals surface area contributed by atoms with Crippen molar-refractivity contribution in [2.45, 2.75) is 18.9 Å². The Labute approximate surface area is 141 Å². The highest BCUT2D eigenvalue weighted by molar-refractivity contribution is 5.91. The lowest BCUT2D eigenvalue weighted by Crippen LogP contribution is -2.48. The Morgan fingerprint density at radius 2 is 1.83 bits per heavy atom. The van der Waals surface area contributed by atoms with Crippen molar-refractivity contribution in [3.8, 4) is 0 Å². The van der Waals surface area contributed by atoms with Crippen LogP contribution < -0.4 is 5.56 Å². The van der Waals surface area contributed by atoms with Gasteiger partial charge in [-0.15, -0.1) is 0 Å². The Bertz CT molecular complexity index is 838. The van der Waals surface area contributed by atoms with Crippen molar-refractivity contribution in [3.05, 3.63) is 76.2 Å². The van der Waals surface area contributed by atoms with Crippen molar-refractivity contribution >= 4 is 12.0 Å². The van der Waals surface area contributed by atoms with Gasteiger partial charge in [-0.25, -0.2) is 0 Å². The SMILES string of the molecule is O=C(C=Cc1ccccc1)N1CC2CC(C1)c1cccc(=O)n1C2. The van der Waals surface area contributed by atoms with Crippen LogP contribution >= 0.6 is 0 Å². The summed E-state index contributed by atoms with van der Waals surface area (Å²) in [6.45, 7) is 2.14. The van der Waals surface area contributed by atoms with Crippen LogP contribution in [-0.4, -0.2) is 28.5 Å². The van der Waals surface area contributed by atoms with Crippen LogP contribution in [0.2, 0.25) is 0 Å². The van der Waals surface area contributed by atoms with Crippen LogP contribution in [0.1, 0.15) is 23.6 Å². The van der Waals surface area contributed by atoms with Crippen LogP contribution in [0.15, 0.2) is 59.4 Å². The lowest BCUT2D eigenvalue weighted by Gasteiger charge is -2.42. The Balaban J connectivity index is 1.53. The third-order valence-electron chi connectivity index (χ3n) is 5.01. The van der Waals surface area contributed by atoms with Gasteiger partial charge >= 0.3 is 0 Å².